The monoisotopic (exact) mass is 494 g/mol. The van der Waals surface area contributed by atoms with Crippen molar-refractivity contribution in [2.45, 2.75) is 6.61 Å². The van der Waals surface area contributed by atoms with Crippen molar-refractivity contribution in [1.29, 1.82) is 0 Å². The Hall–Kier alpha value is -2.68. The summed E-state index contributed by atoms with van der Waals surface area (Å²) in [7, 11) is 0. The quantitative estimate of drug-likeness (QED) is 0.243. The number of hydrogen-bond donors (Lipinski definition) is 1. The van der Waals surface area contributed by atoms with E-state index in [-0.39, 0.29) is 5.69 Å². The number of nitrogens with zero attached hydrogens (tertiary/aromatic N) is 3. The molecule has 0 bridgehead atoms. The number of benzene rings is 2. The minimum atomic E-state index is -0.518. The lowest BCUT2D eigenvalue weighted by Crippen LogP contribution is -1.98. The lowest BCUT2D eigenvalue weighted by Gasteiger charge is -2.11. The molecule has 0 saturated carbocycles. The summed E-state index contributed by atoms with van der Waals surface area (Å²) in [6, 6.07) is 13.7. The van der Waals surface area contributed by atoms with Crippen LogP contribution in [-0.2, 0) is 6.61 Å². The van der Waals surface area contributed by atoms with Crippen molar-refractivity contribution in [2.24, 2.45) is 5.10 Å². The summed E-state index contributed by atoms with van der Waals surface area (Å²) in [4.78, 5) is 14.0. The minimum Gasteiger partial charge on any atom is -0.486 e. The van der Waals surface area contributed by atoms with Crippen LogP contribution in [0, 0.1) is 10.1 Å². The first-order chi connectivity index (χ1) is 13.9. The fraction of sp³-hybridized carbons (Fsp3) is 0.0526. The van der Waals surface area contributed by atoms with Crippen LogP contribution in [0.15, 0.2) is 64.3 Å². The van der Waals surface area contributed by atoms with E-state index in [2.05, 4.69) is 31.4 Å². The second-order valence-corrected chi connectivity index (χ2v) is 7.46. The van der Waals surface area contributed by atoms with E-state index in [0.29, 0.717) is 32.7 Å². The smallest absolute Gasteiger partial charge is 0.287 e. The van der Waals surface area contributed by atoms with Gasteiger partial charge in [0.2, 0.25) is 0 Å². The van der Waals surface area contributed by atoms with Crippen LogP contribution in [0.2, 0.25) is 10.0 Å². The molecule has 7 nitrogen and oxygen atoms in total. The summed E-state index contributed by atoms with van der Waals surface area (Å²) in [5.74, 6) is 0.892. The molecular weight excluding hydrogens is 483 g/mol. The molecule has 0 aliphatic carbocycles. The number of nitro groups is 1. The van der Waals surface area contributed by atoms with Gasteiger partial charge in [-0.05, 0) is 57.4 Å². The highest BCUT2D eigenvalue weighted by Gasteiger charge is 2.09. The number of pyridine rings is 1. The zero-order valence-electron chi connectivity index (χ0n) is 14.7. The third-order valence-corrected chi connectivity index (χ3v) is 4.79. The molecule has 0 unspecified atom stereocenters. The predicted molar refractivity (Wildman–Crippen MR) is 117 cm³/mol. The predicted octanol–water partition coefficient (Wildman–Crippen LogP) is 6.08. The number of anilines is 1. The van der Waals surface area contributed by atoms with Gasteiger partial charge in [-0.1, -0.05) is 35.3 Å². The van der Waals surface area contributed by atoms with Gasteiger partial charge in [0.1, 0.15) is 18.6 Å². The summed E-state index contributed by atoms with van der Waals surface area (Å²) in [6.07, 6.45) is 2.70. The number of nitrogens with one attached hydrogen (secondary N) is 1. The summed E-state index contributed by atoms with van der Waals surface area (Å²) in [5.41, 5.74) is 4.28. The molecule has 1 heterocycles. The summed E-state index contributed by atoms with van der Waals surface area (Å²) in [5, 5.41) is 15.8. The van der Waals surface area contributed by atoms with Gasteiger partial charge in [0, 0.05) is 11.1 Å². The maximum absolute atomic E-state index is 10.6. The third kappa shape index (κ3) is 5.90. The zero-order chi connectivity index (χ0) is 20.8. The summed E-state index contributed by atoms with van der Waals surface area (Å²) < 4.78 is 6.48. The molecule has 3 aromatic rings. The van der Waals surface area contributed by atoms with Crippen molar-refractivity contribution in [2.75, 3.05) is 5.43 Å². The standard InChI is InChI=1S/C19H13BrCl2N4O3/c20-16-7-13(9-24-25-18-6-5-15(10-23-18)26(27)28)8-17(22)19(16)29-11-12-1-3-14(21)4-2-12/h1-10H,11H2,(H,23,25). The van der Waals surface area contributed by atoms with Gasteiger partial charge in [0.05, 0.1) is 20.6 Å². The highest BCUT2D eigenvalue weighted by Crippen LogP contribution is 2.34. The van der Waals surface area contributed by atoms with Gasteiger partial charge in [-0.2, -0.15) is 5.10 Å². The molecule has 1 N–H and O–H groups in total. The molecular formula is C19H13BrCl2N4O3. The van der Waals surface area contributed by atoms with Gasteiger partial charge in [0.15, 0.2) is 5.75 Å². The Kier molecular flexibility index (Phi) is 7.03. The first kappa shape index (κ1) is 21.0. The Balaban J connectivity index is 1.64. The van der Waals surface area contributed by atoms with Crippen LogP contribution in [0.1, 0.15) is 11.1 Å². The number of ether oxygens (including phenoxy) is 1. The first-order valence-corrected chi connectivity index (χ1v) is 9.73. The van der Waals surface area contributed by atoms with Crippen molar-refractivity contribution in [3.05, 3.63) is 90.5 Å². The van der Waals surface area contributed by atoms with E-state index in [9.17, 15) is 10.1 Å². The largest absolute Gasteiger partial charge is 0.486 e. The topological polar surface area (TPSA) is 89.7 Å². The molecule has 0 radical (unpaired) electrons. The molecule has 2 aromatic carbocycles. The lowest BCUT2D eigenvalue weighted by atomic mass is 10.2. The molecule has 0 amide bonds. The Labute approximate surface area is 184 Å². The van der Waals surface area contributed by atoms with E-state index in [0.717, 1.165) is 17.3 Å². The summed E-state index contributed by atoms with van der Waals surface area (Å²) in [6.45, 7) is 0.344. The van der Waals surface area contributed by atoms with Crippen molar-refractivity contribution in [3.8, 4) is 5.75 Å². The van der Waals surface area contributed by atoms with Crippen LogP contribution < -0.4 is 10.2 Å². The van der Waals surface area contributed by atoms with E-state index in [4.69, 9.17) is 27.9 Å². The van der Waals surface area contributed by atoms with Crippen LogP contribution in [0.4, 0.5) is 11.5 Å². The molecule has 0 saturated heterocycles. The van der Waals surface area contributed by atoms with Crippen molar-refractivity contribution in [3.63, 3.8) is 0 Å². The van der Waals surface area contributed by atoms with Gasteiger partial charge < -0.3 is 4.74 Å². The molecule has 10 heteroatoms. The number of aromatic nitrogens is 1. The maximum atomic E-state index is 10.6. The molecule has 0 atom stereocenters. The molecule has 1 aromatic heterocycles. The molecule has 0 aliphatic heterocycles. The van der Waals surface area contributed by atoms with Crippen LogP contribution in [-0.4, -0.2) is 16.1 Å². The Morgan fingerprint density at radius 3 is 2.59 bits per heavy atom. The number of halogens is 3. The fourth-order valence-electron chi connectivity index (χ4n) is 2.26. The second-order valence-electron chi connectivity index (χ2n) is 5.76. The average molecular weight is 496 g/mol. The SMILES string of the molecule is O=[N+]([O-])c1ccc(NN=Cc2cc(Cl)c(OCc3ccc(Cl)cc3)c(Br)c2)nc1. The highest BCUT2D eigenvalue weighted by molar-refractivity contribution is 9.10. The highest BCUT2D eigenvalue weighted by atomic mass is 79.9. The van der Waals surface area contributed by atoms with Gasteiger partial charge in [-0.3, -0.25) is 15.5 Å². The normalized spacial score (nSPS) is 10.9. The van der Waals surface area contributed by atoms with Crippen LogP contribution in [0.25, 0.3) is 0 Å². The molecule has 0 aliphatic rings. The zero-order valence-corrected chi connectivity index (χ0v) is 17.8. The third-order valence-electron chi connectivity index (χ3n) is 3.67. The van der Waals surface area contributed by atoms with E-state index in [1.807, 2.05) is 12.1 Å². The van der Waals surface area contributed by atoms with Gasteiger partial charge in [-0.15, -0.1) is 0 Å². The van der Waals surface area contributed by atoms with E-state index in [1.54, 1.807) is 30.5 Å². The second kappa shape index (κ2) is 9.69. The number of hydrogen-bond acceptors (Lipinski definition) is 6. The van der Waals surface area contributed by atoms with Crippen LogP contribution >= 0.6 is 39.1 Å². The number of rotatable bonds is 7. The van der Waals surface area contributed by atoms with Crippen LogP contribution in [0.5, 0.6) is 5.75 Å². The van der Waals surface area contributed by atoms with E-state index < -0.39 is 4.92 Å². The average Bonchev–Trinajstić information content (AvgIpc) is 2.69. The van der Waals surface area contributed by atoms with Crippen molar-refractivity contribution in [1.82, 2.24) is 4.98 Å². The number of hydrazone groups is 1. The van der Waals surface area contributed by atoms with E-state index >= 15 is 0 Å². The molecule has 0 fully saturated rings. The van der Waals surface area contributed by atoms with Gasteiger partial charge >= 0.3 is 0 Å². The van der Waals surface area contributed by atoms with Gasteiger partial charge in [-0.25, -0.2) is 4.98 Å². The fourth-order valence-corrected chi connectivity index (χ4v) is 3.38. The molecule has 0 spiro atoms. The van der Waals surface area contributed by atoms with E-state index in [1.165, 1.54) is 12.1 Å². The molecule has 29 heavy (non-hydrogen) atoms. The molecule has 3 rings (SSSR count). The minimum absolute atomic E-state index is 0.0931. The van der Waals surface area contributed by atoms with Crippen molar-refractivity contribution < 1.29 is 9.66 Å². The summed E-state index contributed by atoms with van der Waals surface area (Å²) >= 11 is 15.7. The van der Waals surface area contributed by atoms with Crippen LogP contribution in [0.3, 0.4) is 0 Å². The Morgan fingerprint density at radius 2 is 1.97 bits per heavy atom. The lowest BCUT2D eigenvalue weighted by molar-refractivity contribution is -0.385. The Morgan fingerprint density at radius 1 is 1.21 bits per heavy atom. The van der Waals surface area contributed by atoms with Gasteiger partial charge in [0.25, 0.3) is 5.69 Å². The Bertz CT molecular complexity index is 1020. The molecule has 148 valence electrons. The first-order valence-electron chi connectivity index (χ1n) is 8.18. The van der Waals surface area contributed by atoms with Crippen molar-refractivity contribution >= 4 is 56.9 Å². The maximum Gasteiger partial charge on any atom is 0.287 e.